The molecule has 1 N–H and O–H groups in total. The summed E-state index contributed by atoms with van der Waals surface area (Å²) in [4.78, 5) is 38.5. The van der Waals surface area contributed by atoms with Gasteiger partial charge in [0.1, 0.15) is 23.5 Å². The first kappa shape index (κ1) is 27.3. The van der Waals surface area contributed by atoms with Crippen molar-refractivity contribution in [1.29, 1.82) is 0 Å². The highest BCUT2D eigenvalue weighted by Gasteiger charge is 2.24. The summed E-state index contributed by atoms with van der Waals surface area (Å²) in [5, 5.41) is 2.87. The predicted octanol–water partition coefficient (Wildman–Crippen LogP) is 4.06. The highest BCUT2D eigenvalue weighted by Crippen LogP contribution is 2.26. The van der Waals surface area contributed by atoms with Crippen molar-refractivity contribution in [3.63, 3.8) is 0 Å². The van der Waals surface area contributed by atoms with Gasteiger partial charge in [-0.3, -0.25) is 4.79 Å². The molecule has 0 saturated carbocycles. The Morgan fingerprint density at radius 2 is 1.66 bits per heavy atom. The second kappa shape index (κ2) is 11.2. The van der Waals surface area contributed by atoms with Gasteiger partial charge in [-0.05, 0) is 65.8 Å². The van der Waals surface area contributed by atoms with Gasteiger partial charge in [0, 0.05) is 17.6 Å². The van der Waals surface area contributed by atoms with E-state index in [4.69, 9.17) is 25.8 Å². The van der Waals surface area contributed by atoms with E-state index in [0.717, 1.165) is 0 Å². The van der Waals surface area contributed by atoms with Gasteiger partial charge in [-0.1, -0.05) is 11.6 Å². The molecule has 0 fully saturated rings. The van der Waals surface area contributed by atoms with Crippen molar-refractivity contribution in [2.45, 2.75) is 52.7 Å². The predicted molar refractivity (Wildman–Crippen MR) is 124 cm³/mol. The van der Waals surface area contributed by atoms with Crippen molar-refractivity contribution in [1.82, 2.24) is 10.2 Å². The Hall–Kier alpha value is -2.74. The first-order chi connectivity index (χ1) is 14.6. The lowest BCUT2D eigenvalue weighted by molar-refractivity contribution is -0.150. The van der Waals surface area contributed by atoms with E-state index in [2.05, 4.69) is 5.32 Å². The monoisotopic (exact) mass is 468 g/mol. The van der Waals surface area contributed by atoms with Gasteiger partial charge >= 0.3 is 12.1 Å². The number of methoxy groups -OCH3 is 1. The van der Waals surface area contributed by atoms with Crippen LogP contribution in [0.4, 0.5) is 4.79 Å². The van der Waals surface area contributed by atoms with Gasteiger partial charge < -0.3 is 24.4 Å². The van der Waals surface area contributed by atoms with E-state index in [-0.39, 0.29) is 18.7 Å². The molecule has 0 spiro atoms. The third kappa shape index (κ3) is 10.0. The van der Waals surface area contributed by atoms with Crippen molar-refractivity contribution in [3.05, 3.63) is 34.4 Å². The number of nitrogens with zero attached hydrogens (tertiary/aromatic N) is 1. The van der Waals surface area contributed by atoms with Gasteiger partial charge in [-0.15, -0.1) is 0 Å². The Kier molecular flexibility index (Phi) is 9.57. The highest BCUT2D eigenvalue weighted by molar-refractivity contribution is 6.30. The molecule has 0 radical (unpaired) electrons. The van der Waals surface area contributed by atoms with Crippen LogP contribution in [0.3, 0.4) is 0 Å². The molecule has 0 heterocycles. The number of nitrogens with one attached hydrogen (secondary N) is 1. The molecular weight excluding hydrogens is 436 g/mol. The standard InChI is InChI=1S/C23H33ClN2O6/c1-22(2,3)31-20(28)16(11-15-12-17(24)9-10-18(15)30-8)14-26(7)19(27)13-25-21(29)32-23(4,5)6/h9-12H,13-14H2,1-8H3,(H,25,29)/b16-11+. The molecule has 9 heteroatoms. The second-order valence-electron chi connectivity index (χ2n) is 9.16. The third-order valence-electron chi connectivity index (χ3n) is 3.80. The van der Waals surface area contributed by atoms with E-state index in [1.54, 1.807) is 65.8 Å². The van der Waals surface area contributed by atoms with Crippen LogP contribution in [0.1, 0.15) is 47.1 Å². The normalized spacial score (nSPS) is 12.1. The van der Waals surface area contributed by atoms with Crippen molar-refractivity contribution < 1.29 is 28.6 Å². The number of amides is 2. The minimum Gasteiger partial charge on any atom is -0.496 e. The fourth-order valence-corrected chi connectivity index (χ4v) is 2.64. The van der Waals surface area contributed by atoms with E-state index in [1.165, 1.54) is 19.1 Å². The van der Waals surface area contributed by atoms with Crippen LogP contribution in [-0.4, -0.2) is 61.3 Å². The van der Waals surface area contributed by atoms with E-state index < -0.39 is 29.2 Å². The van der Waals surface area contributed by atoms with Crippen molar-refractivity contribution in [2.75, 3.05) is 27.2 Å². The van der Waals surface area contributed by atoms with Crippen LogP contribution in [0.15, 0.2) is 23.8 Å². The van der Waals surface area contributed by atoms with Crippen LogP contribution in [0, 0.1) is 0 Å². The maximum Gasteiger partial charge on any atom is 0.408 e. The van der Waals surface area contributed by atoms with Gasteiger partial charge in [0.25, 0.3) is 0 Å². The van der Waals surface area contributed by atoms with Gasteiger partial charge in [0.05, 0.1) is 19.2 Å². The molecule has 0 aliphatic carbocycles. The summed E-state index contributed by atoms with van der Waals surface area (Å²) in [5.74, 6) is -0.487. The molecule has 0 aliphatic rings. The molecule has 1 rings (SSSR count). The molecule has 0 bridgehead atoms. The van der Waals surface area contributed by atoms with Crippen molar-refractivity contribution in [2.24, 2.45) is 0 Å². The molecule has 0 atom stereocenters. The number of esters is 1. The van der Waals surface area contributed by atoms with Gasteiger partial charge in [-0.2, -0.15) is 0 Å². The quantitative estimate of drug-likeness (QED) is 0.479. The summed E-state index contributed by atoms with van der Waals surface area (Å²) < 4.78 is 16.0. The first-order valence-electron chi connectivity index (χ1n) is 10.1. The van der Waals surface area contributed by atoms with Gasteiger partial charge in [0.2, 0.25) is 5.91 Å². The Bertz CT molecular complexity index is 868. The lowest BCUT2D eigenvalue weighted by Gasteiger charge is -2.24. The van der Waals surface area contributed by atoms with E-state index in [1.807, 2.05) is 0 Å². The molecule has 178 valence electrons. The smallest absolute Gasteiger partial charge is 0.408 e. The maximum atomic E-state index is 12.8. The number of carbonyl (C=O) groups excluding carboxylic acids is 3. The SMILES string of the molecule is COc1ccc(Cl)cc1/C=C(\CN(C)C(=O)CNC(=O)OC(C)(C)C)C(=O)OC(C)(C)C. The van der Waals surface area contributed by atoms with Crippen LogP contribution in [0.2, 0.25) is 5.02 Å². The number of alkyl carbamates (subject to hydrolysis) is 1. The van der Waals surface area contributed by atoms with Gasteiger partial charge in [-0.25, -0.2) is 9.59 Å². The lowest BCUT2D eigenvalue weighted by atomic mass is 10.1. The Balaban J connectivity index is 3.06. The maximum absolute atomic E-state index is 12.8. The summed E-state index contributed by atoms with van der Waals surface area (Å²) in [6, 6.07) is 5.00. The molecule has 2 amide bonds. The van der Waals surface area contributed by atoms with Crippen molar-refractivity contribution in [3.8, 4) is 5.75 Å². The molecular formula is C23H33ClN2O6. The van der Waals surface area contributed by atoms with Crippen LogP contribution in [-0.2, 0) is 19.1 Å². The molecule has 32 heavy (non-hydrogen) atoms. The molecule has 0 aromatic heterocycles. The zero-order chi connectivity index (χ0) is 24.7. The number of likely N-dealkylation sites (N-methyl/N-ethyl adjacent to an activating group) is 1. The fourth-order valence-electron chi connectivity index (χ4n) is 2.46. The largest absolute Gasteiger partial charge is 0.496 e. The minimum absolute atomic E-state index is 0.0561. The third-order valence-corrected chi connectivity index (χ3v) is 4.03. The van der Waals surface area contributed by atoms with Crippen LogP contribution in [0.25, 0.3) is 6.08 Å². The topological polar surface area (TPSA) is 94.2 Å². The summed E-state index contributed by atoms with van der Waals surface area (Å²) in [7, 11) is 3.03. The summed E-state index contributed by atoms with van der Waals surface area (Å²) in [5.41, 5.74) is -0.626. The zero-order valence-electron chi connectivity index (χ0n) is 20.0. The molecule has 0 unspecified atom stereocenters. The van der Waals surface area contributed by atoms with Gasteiger partial charge in [0.15, 0.2) is 0 Å². The average molecular weight is 469 g/mol. The van der Waals surface area contributed by atoms with Crippen molar-refractivity contribution >= 4 is 35.6 Å². The second-order valence-corrected chi connectivity index (χ2v) is 9.60. The molecule has 8 nitrogen and oxygen atoms in total. The number of carbonyl (C=O) groups is 3. The number of rotatable bonds is 7. The molecule has 1 aromatic rings. The zero-order valence-corrected chi connectivity index (χ0v) is 20.8. The van der Waals surface area contributed by atoms with Crippen LogP contribution < -0.4 is 10.1 Å². The number of ether oxygens (including phenoxy) is 3. The summed E-state index contributed by atoms with van der Waals surface area (Å²) in [6.07, 6.45) is 0.870. The highest BCUT2D eigenvalue weighted by atomic mass is 35.5. The average Bonchev–Trinajstić information content (AvgIpc) is 2.62. The molecule has 0 aliphatic heterocycles. The van der Waals surface area contributed by atoms with E-state index in [9.17, 15) is 14.4 Å². The van der Waals surface area contributed by atoms with Crippen LogP contribution >= 0.6 is 11.6 Å². The number of hydrogen-bond acceptors (Lipinski definition) is 6. The Labute approximate surface area is 194 Å². The Morgan fingerprint density at radius 3 is 2.19 bits per heavy atom. The number of halogens is 1. The lowest BCUT2D eigenvalue weighted by Crippen LogP contribution is -2.41. The number of hydrogen-bond donors (Lipinski definition) is 1. The van der Waals surface area contributed by atoms with E-state index >= 15 is 0 Å². The molecule has 0 saturated heterocycles. The van der Waals surface area contributed by atoms with E-state index in [0.29, 0.717) is 16.3 Å². The molecule has 1 aromatic carbocycles. The fraction of sp³-hybridized carbons (Fsp3) is 0.522. The Morgan fingerprint density at radius 1 is 1.06 bits per heavy atom. The summed E-state index contributed by atoms with van der Waals surface area (Å²) in [6.45, 7) is 10.1. The number of benzene rings is 1. The minimum atomic E-state index is -0.727. The first-order valence-corrected chi connectivity index (χ1v) is 10.5. The summed E-state index contributed by atoms with van der Waals surface area (Å²) >= 11 is 6.10. The van der Waals surface area contributed by atoms with Crippen LogP contribution in [0.5, 0.6) is 5.75 Å².